The number of nitrogens with one attached hydrogen (secondary N) is 1. The van der Waals surface area contributed by atoms with Crippen LogP contribution in [0.4, 0.5) is 5.69 Å². The fourth-order valence-electron chi connectivity index (χ4n) is 2.86. The minimum Gasteiger partial charge on any atom is -0.478 e. The van der Waals surface area contributed by atoms with Crippen LogP contribution in [-0.2, 0) is 4.79 Å². The monoisotopic (exact) mass is 330 g/mol. The van der Waals surface area contributed by atoms with Crippen molar-refractivity contribution in [3.63, 3.8) is 0 Å². The van der Waals surface area contributed by atoms with Crippen molar-refractivity contribution in [3.05, 3.63) is 46.2 Å². The lowest BCUT2D eigenvalue weighted by Gasteiger charge is -1.97. The smallest absolute Gasteiger partial charge is 0.329 e. The minimum absolute atomic E-state index is 0. The topological polar surface area (TPSA) is 113 Å². The molecule has 4 aromatic rings. The second-order valence-electron chi connectivity index (χ2n) is 5.00. The van der Waals surface area contributed by atoms with Gasteiger partial charge in [0.25, 0.3) is 5.56 Å². The highest BCUT2D eigenvalue weighted by Crippen LogP contribution is 2.23. The van der Waals surface area contributed by atoms with Gasteiger partial charge in [0.15, 0.2) is 0 Å². The van der Waals surface area contributed by atoms with Gasteiger partial charge in [-0.1, -0.05) is 6.07 Å². The standard InChI is InChI=1S/C15H10N4O3.ClH/c16-7-1-2-8-9(5-7)10(6-11(20)21)13-12(8)18-15(22)14-17-3-4-19(13)14;/h1-6H,16H2,(H,18,22)(H,20,21);1H. The quantitative estimate of drug-likeness (QED) is 0.449. The van der Waals surface area contributed by atoms with Gasteiger partial charge in [-0.2, -0.15) is 0 Å². The molecule has 8 heteroatoms. The first-order chi connectivity index (χ1) is 10.6. The molecule has 4 rings (SSSR count). The maximum absolute atomic E-state index is 12.1. The summed E-state index contributed by atoms with van der Waals surface area (Å²) in [6, 6.07) is 5.18. The van der Waals surface area contributed by atoms with Crippen LogP contribution in [0.5, 0.6) is 0 Å². The minimum atomic E-state index is -1.07. The number of benzene rings is 1. The fourth-order valence-corrected chi connectivity index (χ4v) is 2.86. The number of aromatic nitrogens is 3. The zero-order valence-electron chi connectivity index (χ0n) is 11.6. The number of hydrogen-bond donors (Lipinski definition) is 3. The Labute approximate surface area is 134 Å². The van der Waals surface area contributed by atoms with Crippen LogP contribution >= 0.6 is 12.4 Å². The average molecular weight is 331 g/mol. The Morgan fingerprint density at radius 2 is 2.13 bits per heavy atom. The summed E-state index contributed by atoms with van der Waals surface area (Å²) < 4.78 is 1.60. The van der Waals surface area contributed by atoms with Crippen LogP contribution < -0.4 is 16.5 Å². The number of nitrogens with two attached hydrogens (primary N) is 1. The summed E-state index contributed by atoms with van der Waals surface area (Å²) in [5, 5.41) is 11.1. The summed E-state index contributed by atoms with van der Waals surface area (Å²) in [6.45, 7) is 0. The van der Waals surface area contributed by atoms with E-state index in [0.29, 0.717) is 27.3 Å². The molecule has 0 amide bonds. The number of H-pyrrole nitrogens is 1. The van der Waals surface area contributed by atoms with Crippen LogP contribution in [0.1, 0.15) is 0 Å². The van der Waals surface area contributed by atoms with Crippen molar-refractivity contribution < 1.29 is 9.90 Å². The van der Waals surface area contributed by atoms with Gasteiger partial charge in [0, 0.05) is 34.8 Å². The number of imidazole rings is 1. The molecule has 0 saturated carbocycles. The molecular weight excluding hydrogens is 320 g/mol. The molecule has 0 spiro atoms. The van der Waals surface area contributed by atoms with Crippen molar-refractivity contribution in [2.45, 2.75) is 0 Å². The molecule has 2 aromatic carbocycles. The van der Waals surface area contributed by atoms with Crippen molar-refractivity contribution in [2.24, 2.45) is 0 Å². The van der Waals surface area contributed by atoms with Gasteiger partial charge in [0.2, 0.25) is 5.65 Å². The Morgan fingerprint density at radius 3 is 2.87 bits per heavy atom. The molecule has 116 valence electrons. The number of nitrogens with zero attached hydrogens (tertiary/aromatic N) is 2. The van der Waals surface area contributed by atoms with E-state index in [1.54, 1.807) is 28.8 Å². The van der Waals surface area contributed by atoms with E-state index >= 15 is 0 Å². The van der Waals surface area contributed by atoms with Gasteiger partial charge in [-0.05, 0) is 17.5 Å². The number of hydrogen-bond acceptors (Lipinski definition) is 4. The van der Waals surface area contributed by atoms with Gasteiger partial charge in [0.05, 0.1) is 11.0 Å². The number of halogens is 1. The zero-order valence-corrected chi connectivity index (χ0v) is 12.4. The Hall–Kier alpha value is -3.06. The van der Waals surface area contributed by atoms with Crippen LogP contribution in [0.15, 0.2) is 35.4 Å². The Morgan fingerprint density at radius 1 is 1.35 bits per heavy atom. The van der Waals surface area contributed by atoms with E-state index in [4.69, 9.17) is 10.8 Å². The Balaban J connectivity index is 0.00000156. The molecule has 2 heterocycles. The number of anilines is 1. The van der Waals surface area contributed by atoms with Gasteiger partial charge >= 0.3 is 5.97 Å². The summed E-state index contributed by atoms with van der Waals surface area (Å²) in [4.78, 5) is 30.1. The third kappa shape index (κ3) is 2.01. The largest absolute Gasteiger partial charge is 0.478 e. The normalized spacial score (nSPS) is 12.1. The molecule has 0 radical (unpaired) electrons. The van der Waals surface area contributed by atoms with Crippen molar-refractivity contribution in [2.75, 3.05) is 5.73 Å². The van der Waals surface area contributed by atoms with Crippen LogP contribution in [0.2, 0.25) is 0 Å². The molecule has 7 nitrogen and oxygen atoms in total. The summed E-state index contributed by atoms with van der Waals surface area (Å²) in [6.07, 6.45) is 4.25. The van der Waals surface area contributed by atoms with E-state index in [1.165, 1.54) is 6.20 Å². The van der Waals surface area contributed by atoms with Gasteiger partial charge in [-0.25, -0.2) is 9.78 Å². The molecule has 4 N–H and O–H groups in total. The molecule has 0 fully saturated rings. The molecule has 23 heavy (non-hydrogen) atoms. The lowest BCUT2D eigenvalue weighted by Crippen LogP contribution is -2.13. The van der Waals surface area contributed by atoms with Crippen molar-refractivity contribution >= 4 is 57.6 Å². The molecule has 0 atom stereocenters. The van der Waals surface area contributed by atoms with E-state index < -0.39 is 5.97 Å². The van der Waals surface area contributed by atoms with Crippen LogP contribution in [-0.4, -0.2) is 25.4 Å². The Kier molecular flexibility index (Phi) is 3.23. The first-order valence-corrected chi connectivity index (χ1v) is 6.51. The summed E-state index contributed by atoms with van der Waals surface area (Å²) >= 11 is 0. The molecular formula is C15H11ClN4O3. The second-order valence-corrected chi connectivity index (χ2v) is 5.00. The summed E-state index contributed by atoms with van der Waals surface area (Å²) in [5.41, 5.74) is 7.38. The average Bonchev–Trinajstić information content (AvgIpc) is 3.03. The number of carbonyl (C=O) groups is 1. The molecule has 0 aliphatic heterocycles. The van der Waals surface area contributed by atoms with Gasteiger partial charge in [-0.3, -0.25) is 9.20 Å². The van der Waals surface area contributed by atoms with Crippen LogP contribution in [0.25, 0.3) is 33.5 Å². The maximum Gasteiger partial charge on any atom is 0.329 e. The molecule has 0 unspecified atom stereocenters. The number of aliphatic carboxylic acids is 1. The number of carboxylic acids is 1. The maximum atomic E-state index is 12.1. The van der Waals surface area contributed by atoms with Gasteiger partial charge < -0.3 is 15.8 Å². The van der Waals surface area contributed by atoms with Crippen molar-refractivity contribution in [1.82, 2.24) is 14.4 Å². The molecule has 0 aliphatic rings. The van der Waals surface area contributed by atoms with Gasteiger partial charge in [0.1, 0.15) is 0 Å². The lowest BCUT2D eigenvalue weighted by molar-refractivity contribution is -0.129. The summed E-state index contributed by atoms with van der Waals surface area (Å²) in [5.74, 6) is -1.07. The van der Waals surface area contributed by atoms with E-state index in [0.717, 1.165) is 11.5 Å². The predicted molar refractivity (Wildman–Crippen MR) is 89.8 cm³/mol. The number of rotatable bonds is 1. The van der Waals surface area contributed by atoms with Crippen molar-refractivity contribution in [3.8, 4) is 0 Å². The van der Waals surface area contributed by atoms with Crippen LogP contribution in [0, 0.1) is 0 Å². The number of aromatic amines is 1. The molecule has 0 saturated heterocycles. The molecule has 0 bridgehead atoms. The summed E-state index contributed by atoms with van der Waals surface area (Å²) in [7, 11) is 0. The highest BCUT2D eigenvalue weighted by Gasteiger charge is 2.14. The molecule has 2 aromatic heterocycles. The number of nitrogen functional groups attached to an aromatic ring is 1. The predicted octanol–water partition coefficient (Wildman–Crippen LogP) is 0.917. The SMILES string of the molecule is Cl.Nc1ccc2c(c1)c(=CC(=O)O)c1c2[nH]c(=O)c2nccn21. The van der Waals surface area contributed by atoms with E-state index in [9.17, 15) is 9.59 Å². The van der Waals surface area contributed by atoms with Crippen LogP contribution in [0.3, 0.4) is 0 Å². The van der Waals surface area contributed by atoms with Gasteiger partial charge in [-0.15, -0.1) is 12.4 Å². The fraction of sp³-hybridized carbons (Fsp3) is 0. The third-order valence-electron chi connectivity index (χ3n) is 3.69. The first kappa shape index (κ1) is 14.9. The zero-order chi connectivity index (χ0) is 15.4. The van der Waals surface area contributed by atoms with E-state index in [2.05, 4.69) is 9.97 Å². The molecule has 0 aliphatic carbocycles. The highest BCUT2D eigenvalue weighted by atomic mass is 35.5. The first-order valence-electron chi connectivity index (χ1n) is 6.51. The lowest BCUT2D eigenvalue weighted by atomic mass is 10.2. The number of fused-ring (bicyclic) bond motifs is 5. The third-order valence-corrected chi connectivity index (χ3v) is 3.69. The highest BCUT2D eigenvalue weighted by molar-refractivity contribution is 6.14. The van der Waals surface area contributed by atoms with Crippen molar-refractivity contribution in [1.29, 1.82) is 0 Å². The van der Waals surface area contributed by atoms with E-state index in [1.807, 2.05) is 0 Å². The number of carboxylic acid groups (broad SMARTS) is 1. The Bertz CT molecular complexity index is 1190. The second kappa shape index (κ2) is 4.99. The van der Waals surface area contributed by atoms with E-state index in [-0.39, 0.29) is 23.6 Å².